The maximum atomic E-state index is 8.86. The Morgan fingerprint density at radius 2 is 0.300 bits per heavy atom. The van der Waals surface area contributed by atoms with Crippen LogP contribution >= 0.6 is 0 Å². The monoisotopic (exact) mass is 2110 g/mol. The number of aliphatic imine (C=N–C) groups is 6. The number of rotatable bonds is 60. The molecule has 12 nitrogen and oxygen atoms in total. The van der Waals surface area contributed by atoms with E-state index in [-0.39, 0.29) is 35.5 Å². The largest absolute Gasteiger partial charge is 0.416 e. The second kappa shape index (κ2) is 62.2. The molecule has 1 aliphatic heterocycles. The highest BCUT2D eigenvalue weighted by Gasteiger charge is 2.58. The average Bonchev–Trinajstić information content (AvgIpc) is 0.761. The second-order valence-corrected chi connectivity index (χ2v) is 64.7. The molecule has 792 valence electrons. The van der Waals surface area contributed by atoms with Gasteiger partial charge in [-0.05, 0) is 331 Å². The van der Waals surface area contributed by atoms with E-state index < -0.39 is 51.4 Å². The van der Waals surface area contributed by atoms with E-state index in [1.54, 1.807) is 0 Å². The number of benzene rings is 12. The molecule has 12 aromatic rings. The highest BCUT2D eigenvalue weighted by molar-refractivity contribution is 6.94. The van der Waals surface area contributed by atoms with Crippen LogP contribution in [0.25, 0.3) is 0 Å². The summed E-state index contributed by atoms with van der Waals surface area (Å²) in [7, 11) is -22.0. The number of unbranched alkanes of at least 4 members (excludes halogenated alkanes) is 6. The lowest BCUT2D eigenvalue weighted by molar-refractivity contribution is 0.221. The lowest BCUT2D eigenvalue weighted by Gasteiger charge is -2.50. The summed E-state index contributed by atoms with van der Waals surface area (Å²) in [5.41, 5.74) is 21.2. The van der Waals surface area contributed by atoms with Gasteiger partial charge < -0.3 is 24.7 Å². The van der Waals surface area contributed by atoms with Crippen molar-refractivity contribution in [1.29, 1.82) is 0 Å². The molecule has 0 radical (unpaired) electrons. The number of hydrogen-bond acceptors (Lipinski definition) is 12. The highest BCUT2D eigenvalue weighted by Crippen LogP contribution is 2.45. The lowest BCUT2D eigenvalue weighted by Crippen LogP contribution is -2.67. The summed E-state index contributed by atoms with van der Waals surface area (Å²) < 4.78 is 53.1. The van der Waals surface area contributed by atoms with Crippen molar-refractivity contribution in [2.45, 2.75) is 345 Å². The third kappa shape index (κ3) is 40.0. The van der Waals surface area contributed by atoms with Crippen molar-refractivity contribution in [2.24, 2.45) is 30.0 Å². The molecule has 1 aliphatic rings. The van der Waals surface area contributed by atoms with E-state index in [1.165, 1.54) is 66.8 Å². The third-order valence-corrected chi connectivity index (χ3v) is 58.1. The number of nitrogens with zero attached hydrogens (tertiary/aromatic N) is 6. The van der Waals surface area contributed by atoms with Gasteiger partial charge in [-0.25, -0.2) is 0 Å². The van der Waals surface area contributed by atoms with E-state index >= 15 is 0 Å². The van der Waals surface area contributed by atoms with E-state index in [9.17, 15) is 0 Å². The van der Waals surface area contributed by atoms with Crippen molar-refractivity contribution < 1.29 is 24.7 Å². The van der Waals surface area contributed by atoms with Crippen LogP contribution < -0.4 is 0 Å². The van der Waals surface area contributed by atoms with E-state index in [4.69, 9.17) is 54.6 Å². The molecule has 150 heavy (non-hydrogen) atoms. The molecule has 18 heteroatoms. The predicted molar refractivity (Wildman–Crippen MR) is 655 cm³/mol. The van der Waals surface area contributed by atoms with E-state index in [0.29, 0.717) is 36.3 Å². The Labute approximate surface area is 910 Å². The fourth-order valence-corrected chi connectivity index (χ4v) is 56.5. The maximum absolute atomic E-state index is 8.86. The summed E-state index contributed by atoms with van der Waals surface area (Å²) in [5, 5.41) is 0. The first-order valence-electron chi connectivity index (χ1n) is 57.4. The normalized spacial score (nSPS) is 20.2. The first kappa shape index (κ1) is 117. The Kier molecular flexibility index (Phi) is 48.4. The molecule has 0 amide bonds. The fourth-order valence-electron chi connectivity index (χ4n) is 21.3. The van der Waals surface area contributed by atoms with Crippen LogP contribution in [0.3, 0.4) is 0 Å². The van der Waals surface area contributed by atoms with Crippen LogP contribution in [0.5, 0.6) is 0 Å². The van der Waals surface area contributed by atoms with Gasteiger partial charge in [-0.2, -0.15) is 0 Å². The van der Waals surface area contributed by atoms with Gasteiger partial charge in [-0.15, -0.1) is 0 Å². The Bertz CT molecular complexity index is 5030. The minimum atomic E-state index is -3.67. The average molecular weight is 2110 g/mol. The highest BCUT2D eigenvalue weighted by atomic mass is 28.5. The minimum absolute atomic E-state index is 0.0129. The van der Waals surface area contributed by atoms with Crippen LogP contribution in [-0.2, 0) is 63.2 Å². The van der Waals surface area contributed by atoms with Gasteiger partial charge >= 0.3 is 51.4 Å². The molecule has 6 atom stereocenters. The number of aryl methyl sites for hydroxylation is 6. The van der Waals surface area contributed by atoms with Gasteiger partial charge in [0.25, 0.3) is 0 Å². The summed E-state index contributed by atoms with van der Waals surface area (Å²) >= 11 is 0. The Morgan fingerprint density at radius 3 is 0.420 bits per heavy atom. The zero-order valence-corrected chi connectivity index (χ0v) is 98.7. The molecular formula is C132H174N6O6Si6. The van der Waals surface area contributed by atoms with Gasteiger partial charge in [0.2, 0.25) is 0 Å². The molecule has 0 bridgehead atoms. The second-order valence-electron chi connectivity index (χ2n) is 43.2. The molecule has 0 N–H and O–H groups in total. The summed E-state index contributed by atoms with van der Waals surface area (Å²) in [6.07, 6.45) is 43.1. The van der Waals surface area contributed by atoms with Crippen LogP contribution in [0, 0.1) is 0 Å². The van der Waals surface area contributed by atoms with Crippen molar-refractivity contribution >= 4 is 123 Å². The number of hydrogen-bond donors (Lipinski definition) is 0. The Hall–Kier alpha value is -10.3. The van der Waals surface area contributed by atoms with Gasteiger partial charge in [0, 0.05) is 72.8 Å². The van der Waals surface area contributed by atoms with Crippen LogP contribution in [0.15, 0.2) is 358 Å². The summed E-state index contributed by atoms with van der Waals surface area (Å²) in [6.45, 7) is 28.0. The first-order valence-corrected chi connectivity index (χ1v) is 72.5. The van der Waals surface area contributed by atoms with E-state index in [2.05, 4.69) is 446 Å². The molecule has 0 saturated carbocycles. The first-order chi connectivity index (χ1) is 73.1. The van der Waals surface area contributed by atoms with Crippen LogP contribution in [0.2, 0.25) is 75.5 Å². The lowest BCUT2D eigenvalue weighted by atomic mass is 9.96. The van der Waals surface area contributed by atoms with E-state index in [1.807, 2.05) is 0 Å². The molecule has 1 heterocycles. The molecule has 13 rings (SSSR count). The quantitative estimate of drug-likeness (QED) is 0.0276. The molecule has 6 unspecified atom stereocenters. The molecule has 0 spiro atoms. The van der Waals surface area contributed by atoms with E-state index in [0.717, 1.165) is 227 Å². The van der Waals surface area contributed by atoms with Gasteiger partial charge in [-0.1, -0.05) is 373 Å². The van der Waals surface area contributed by atoms with Crippen molar-refractivity contribution in [1.82, 2.24) is 0 Å². The van der Waals surface area contributed by atoms with Gasteiger partial charge in [0.15, 0.2) is 0 Å². The van der Waals surface area contributed by atoms with Crippen LogP contribution in [0.4, 0.5) is 34.1 Å². The summed E-state index contributed by atoms with van der Waals surface area (Å²) in [4.78, 5) is 32.2. The zero-order chi connectivity index (χ0) is 105. The topological polar surface area (TPSA) is 130 Å². The Morgan fingerprint density at radius 1 is 0.173 bits per heavy atom. The standard InChI is InChI=1S/C132H174N6O6Si6/c1-13-19-49-109-73-85-127(86-74-109)133-103-121(115-55-31-25-32-56-115)67-43-97-145(7)139-146(8,98-44-68-122(116-57-33-26-34-58-116)104-134-128-87-75-110(76-88-128)50-20-14-2)141-148(10,100-46-70-124(118-61-37-28-38-62-118)106-136-130-91-79-112(80-92-130)52-22-16-4)143-150(12,102-48-72-126(120-65-41-30-42-66-120)108-138-132-95-83-114(84-96-132)54-24-18-6)144-149(11,101-47-71-125(119-63-39-29-40-64-119)107-137-131-93-81-113(82-94-131)53-23-17-5)142-147(9,140-145)99-45-69-123(117-59-35-27-36-60-117)105-135-129-89-77-111(78-90-129)51-21-15-3/h25-42,55-66,73-96,103-108,121-126H,13-24,43-54,67-72,97-102H2,1-12H3. The zero-order valence-electron chi connectivity index (χ0n) is 92.7. The van der Waals surface area contributed by atoms with Gasteiger partial charge in [0.05, 0.1) is 34.1 Å². The van der Waals surface area contributed by atoms with Crippen LogP contribution in [-0.4, -0.2) is 88.7 Å². The SMILES string of the molecule is CCCCc1ccc(N=CC(CCC[Si]2(C)O[Si](C)(CCCC(C=Nc3ccc(CCCC)cc3)c3ccccc3)O[Si](C)(CCCC(C=Nc3ccc(CCCC)cc3)c3ccccc3)O[Si](C)(CCCC(C=Nc3ccc(CCCC)cc3)c3ccccc3)O[Si](C)(CCCC(C=Nc3ccc(CCCC)cc3)c3ccccc3)O[Si](C)(CCCC(C=Nc3ccc(CCCC)cc3)c3ccccc3)O2)c2ccccc2)cc1. The van der Waals surface area contributed by atoms with Crippen molar-refractivity contribution in [3.8, 4) is 0 Å². The fraction of sp³-hybridized carbons (Fsp3) is 0.409. The molecule has 1 fully saturated rings. The smallest absolute Gasteiger partial charge is 0.317 e. The van der Waals surface area contributed by atoms with Gasteiger partial charge in [0.1, 0.15) is 0 Å². The molecule has 1 saturated heterocycles. The van der Waals surface area contributed by atoms with Crippen molar-refractivity contribution in [3.05, 3.63) is 394 Å². The Balaban J connectivity index is 0.979. The molecule has 0 aromatic heterocycles. The van der Waals surface area contributed by atoms with Crippen LogP contribution in [0.1, 0.15) is 298 Å². The molecule has 0 aliphatic carbocycles. The molecular weight excluding hydrogens is 1930 g/mol. The van der Waals surface area contributed by atoms with Gasteiger partial charge in [-0.3, -0.25) is 30.0 Å². The summed E-state index contributed by atoms with van der Waals surface area (Å²) in [6, 6.07) is 124. The minimum Gasteiger partial charge on any atom is -0.416 e. The molecule has 12 aromatic carbocycles. The maximum Gasteiger partial charge on any atom is 0.317 e. The third-order valence-electron chi connectivity index (χ3n) is 29.8. The van der Waals surface area contributed by atoms with Crippen molar-refractivity contribution in [2.75, 3.05) is 0 Å². The summed E-state index contributed by atoms with van der Waals surface area (Å²) in [5.74, 6) is -0.0776. The van der Waals surface area contributed by atoms with Crippen molar-refractivity contribution in [3.63, 3.8) is 0 Å². The predicted octanol–water partition coefficient (Wildman–Crippen LogP) is 38.4.